The Morgan fingerprint density at radius 2 is 1.76 bits per heavy atom. The minimum Gasteiger partial charge on any atom is -0.497 e. The highest BCUT2D eigenvalue weighted by Crippen LogP contribution is 2.30. The summed E-state index contributed by atoms with van der Waals surface area (Å²) >= 11 is 13.4. The molecule has 7 nitrogen and oxygen atoms in total. The van der Waals surface area contributed by atoms with E-state index in [1.165, 1.54) is 23.5 Å². The van der Waals surface area contributed by atoms with Crippen LogP contribution in [0.4, 0.5) is 5.13 Å². The number of ether oxygens (including phenoxy) is 1. The number of nitrogens with one attached hydrogen (secondary N) is 2. The zero-order valence-corrected chi connectivity index (χ0v) is 21.3. The summed E-state index contributed by atoms with van der Waals surface area (Å²) in [6.45, 7) is 3.78. The minimum absolute atomic E-state index is 0.0252. The lowest BCUT2D eigenvalue weighted by Gasteiger charge is -2.20. The molecule has 0 spiro atoms. The van der Waals surface area contributed by atoms with E-state index in [2.05, 4.69) is 15.0 Å². The van der Waals surface area contributed by atoms with Crippen LogP contribution in [0.25, 0.3) is 11.3 Å². The molecule has 2 aromatic carbocycles. The van der Waals surface area contributed by atoms with Crippen molar-refractivity contribution < 1.29 is 17.9 Å². The van der Waals surface area contributed by atoms with E-state index in [1.807, 2.05) is 43.5 Å². The summed E-state index contributed by atoms with van der Waals surface area (Å²) in [7, 11) is -2.56. The van der Waals surface area contributed by atoms with Gasteiger partial charge in [-0.15, -0.1) is 11.3 Å². The molecule has 1 aromatic heterocycles. The van der Waals surface area contributed by atoms with Crippen LogP contribution in [0.5, 0.6) is 5.75 Å². The third kappa shape index (κ3) is 6.45. The van der Waals surface area contributed by atoms with E-state index in [0.717, 1.165) is 11.3 Å². The second kappa shape index (κ2) is 10.8. The van der Waals surface area contributed by atoms with Crippen molar-refractivity contribution in [2.24, 2.45) is 5.92 Å². The van der Waals surface area contributed by atoms with E-state index >= 15 is 0 Å². The van der Waals surface area contributed by atoms with E-state index in [9.17, 15) is 13.2 Å². The molecule has 0 fully saturated rings. The van der Waals surface area contributed by atoms with Crippen molar-refractivity contribution in [2.75, 3.05) is 12.4 Å². The second-order valence-electron chi connectivity index (χ2n) is 7.61. The van der Waals surface area contributed by atoms with Gasteiger partial charge in [0.15, 0.2) is 5.13 Å². The van der Waals surface area contributed by atoms with Gasteiger partial charge in [0.25, 0.3) is 0 Å². The Balaban J connectivity index is 1.79. The number of carbonyl (C=O) groups excluding carboxylic acids is 1. The van der Waals surface area contributed by atoms with Gasteiger partial charge in [0, 0.05) is 10.9 Å². The van der Waals surface area contributed by atoms with Gasteiger partial charge in [0.1, 0.15) is 16.7 Å². The third-order valence-electron chi connectivity index (χ3n) is 4.63. The van der Waals surface area contributed by atoms with Crippen molar-refractivity contribution in [3.8, 4) is 17.0 Å². The first kappa shape index (κ1) is 25.5. The van der Waals surface area contributed by atoms with Crippen LogP contribution in [-0.2, 0) is 14.8 Å². The van der Waals surface area contributed by atoms with Crippen molar-refractivity contribution in [1.29, 1.82) is 0 Å². The lowest BCUT2D eigenvalue weighted by Crippen LogP contribution is -2.44. The Labute approximate surface area is 207 Å². The summed E-state index contributed by atoms with van der Waals surface area (Å²) in [5, 5.41) is 4.83. The van der Waals surface area contributed by atoms with E-state index in [4.69, 9.17) is 27.9 Å². The number of hydrogen-bond acceptors (Lipinski definition) is 6. The zero-order chi connectivity index (χ0) is 24.2. The number of methoxy groups -OCH3 is 1. The average molecular weight is 528 g/mol. The molecule has 3 rings (SSSR count). The molecule has 176 valence electrons. The number of anilines is 1. The number of thiazole rings is 1. The predicted molar refractivity (Wildman–Crippen MR) is 133 cm³/mol. The fraction of sp³-hybridized carbons (Fsp3) is 0.273. The van der Waals surface area contributed by atoms with Crippen molar-refractivity contribution in [3.05, 3.63) is 57.9 Å². The van der Waals surface area contributed by atoms with Crippen LogP contribution in [0.2, 0.25) is 10.0 Å². The number of nitrogens with zero attached hydrogens (tertiary/aromatic N) is 1. The number of aromatic nitrogens is 1. The molecule has 0 aliphatic heterocycles. The van der Waals surface area contributed by atoms with Crippen LogP contribution in [0.3, 0.4) is 0 Å². The molecule has 3 aromatic rings. The molecule has 0 bridgehead atoms. The first-order valence-electron chi connectivity index (χ1n) is 9.98. The smallest absolute Gasteiger partial charge is 0.244 e. The maximum absolute atomic E-state index is 13.0. The Hall–Kier alpha value is -2.17. The Morgan fingerprint density at radius 1 is 1.12 bits per heavy atom. The molecule has 0 aliphatic rings. The number of hydrogen-bond donors (Lipinski definition) is 2. The third-order valence-corrected chi connectivity index (χ3v) is 7.81. The number of halogens is 2. The van der Waals surface area contributed by atoms with E-state index in [-0.39, 0.29) is 27.3 Å². The molecule has 0 radical (unpaired) electrons. The lowest BCUT2D eigenvalue weighted by atomic mass is 10.0. The summed E-state index contributed by atoms with van der Waals surface area (Å²) in [5.41, 5.74) is 1.54. The summed E-state index contributed by atoms with van der Waals surface area (Å²) < 4.78 is 33.6. The maximum Gasteiger partial charge on any atom is 0.244 e. The highest BCUT2D eigenvalue weighted by Gasteiger charge is 2.30. The van der Waals surface area contributed by atoms with Gasteiger partial charge in [-0.3, -0.25) is 4.79 Å². The van der Waals surface area contributed by atoms with Crippen LogP contribution in [0, 0.1) is 5.92 Å². The fourth-order valence-electron chi connectivity index (χ4n) is 3.08. The van der Waals surface area contributed by atoms with Gasteiger partial charge in [-0.25, -0.2) is 13.4 Å². The van der Waals surface area contributed by atoms with Crippen LogP contribution >= 0.6 is 34.5 Å². The van der Waals surface area contributed by atoms with Gasteiger partial charge >= 0.3 is 0 Å². The normalized spacial score (nSPS) is 12.5. The summed E-state index contributed by atoms with van der Waals surface area (Å²) in [6, 6.07) is 10.7. The molecule has 0 saturated carbocycles. The standard InChI is InChI=1S/C22H23Cl2N3O4S2/c1-13(2)11-18(27-33(29,30)20-16(23)5-4-6-17(20)24)21(28)26-22-25-19(12-32-22)14-7-9-15(31-3)10-8-14/h4-10,12-13,18,27H,11H2,1-3H3,(H,25,26,28)/t18-/m0/s1. The quantitative estimate of drug-likeness (QED) is 0.385. The minimum atomic E-state index is -4.15. The summed E-state index contributed by atoms with van der Waals surface area (Å²) in [5.74, 6) is 0.243. The number of rotatable bonds is 9. The topological polar surface area (TPSA) is 97.4 Å². The van der Waals surface area contributed by atoms with Gasteiger partial charge in [0.2, 0.25) is 15.9 Å². The molecule has 1 amide bonds. The second-order valence-corrected chi connectivity index (χ2v) is 10.9. The molecular formula is C22H23Cl2N3O4S2. The molecule has 2 N–H and O–H groups in total. The van der Waals surface area contributed by atoms with Crippen molar-refractivity contribution in [3.63, 3.8) is 0 Å². The Bertz CT molecular complexity index is 1210. The average Bonchev–Trinajstić information content (AvgIpc) is 3.21. The highest BCUT2D eigenvalue weighted by molar-refractivity contribution is 7.89. The number of carbonyl (C=O) groups is 1. The van der Waals surface area contributed by atoms with Gasteiger partial charge in [-0.05, 0) is 48.7 Å². The predicted octanol–water partition coefficient (Wildman–Crippen LogP) is 5.46. The van der Waals surface area contributed by atoms with E-state index < -0.39 is 22.0 Å². The number of sulfonamides is 1. The largest absolute Gasteiger partial charge is 0.497 e. The van der Waals surface area contributed by atoms with Crippen molar-refractivity contribution in [1.82, 2.24) is 9.71 Å². The van der Waals surface area contributed by atoms with Gasteiger partial charge in [-0.1, -0.05) is 43.1 Å². The Morgan fingerprint density at radius 3 is 2.33 bits per heavy atom. The van der Waals surface area contributed by atoms with Crippen LogP contribution in [-0.4, -0.2) is 32.5 Å². The number of amides is 1. The molecule has 33 heavy (non-hydrogen) atoms. The zero-order valence-electron chi connectivity index (χ0n) is 18.1. The van der Waals surface area contributed by atoms with Crippen LogP contribution in [0.15, 0.2) is 52.7 Å². The van der Waals surface area contributed by atoms with E-state index in [1.54, 1.807) is 13.2 Å². The monoisotopic (exact) mass is 527 g/mol. The Kier molecular flexibility index (Phi) is 8.36. The summed E-state index contributed by atoms with van der Waals surface area (Å²) in [4.78, 5) is 17.2. The van der Waals surface area contributed by atoms with Gasteiger partial charge in [0.05, 0.1) is 22.8 Å². The van der Waals surface area contributed by atoms with Gasteiger partial charge < -0.3 is 10.1 Å². The SMILES string of the molecule is COc1ccc(-c2csc(NC(=O)[C@H](CC(C)C)NS(=O)(=O)c3c(Cl)cccc3Cl)n2)cc1. The molecule has 1 atom stereocenters. The first-order valence-corrected chi connectivity index (χ1v) is 13.1. The van der Waals surface area contributed by atoms with Crippen molar-refractivity contribution >= 4 is 55.6 Å². The molecule has 11 heteroatoms. The lowest BCUT2D eigenvalue weighted by molar-refractivity contribution is -0.118. The molecule has 0 aliphatic carbocycles. The van der Waals surface area contributed by atoms with Crippen LogP contribution in [0.1, 0.15) is 20.3 Å². The molecular weight excluding hydrogens is 505 g/mol. The number of benzene rings is 2. The summed E-state index contributed by atoms with van der Waals surface area (Å²) in [6.07, 6.45) is 0.268. The van der Waals surface area contributed by atoms with Crippen molar-refractivity contribution in [2.45, 2.75) is 31.2 Å². The van der Waals surface area contributed by atoms with Gasteiger partial charge in [-0.2, -0.15) is 4.72 Å². The first-order chi connectivity index (χ1) is 15.6. The molecule has 0 saturated heterocycles. The van der Waals surface area contributed by atoms with E-state index in [0.29, 0.717) is 10.8 Å². The molecule has 1 heterocycles. The highest BCUT2D eigenvalue weighted by atomic mass is 35.5. The molecule has 0 unspecified atom stereocenters. The maximum atomic E-state index is 13.0. The fourth-order valence-corrected chi connectivity index (χ4v) is 6.16. The van der Waals surface area contributed by atoms with Crippen LogP contribution < -0.4 is 14.8 Å².